The fourth-order valence-corrected chi connectivity index (χ4v) is 4.23. The van der Waals surface area contributed by atoms with Gasteiger partial charge in [0, 0.05) is 24.9 Å². The molecule has 132 valence electrons. The van der Waals surface area contributed by atoms with Crippen molar-refractivity contribution in [3.8, 4) is 5.75 Å². The summed E-state index contributed by atoms with van der Waals surface area (Å²) in [5, 5.41) is 2.80. The third-order valence-electron chi connectivity index (χ3n) is 4.25. The summed E-state index contributed by atoms with van der Waals surface area (Å²) in [4.78, 5) is 23.9. The van der Waals surface area contributed by atoms with Gasteiger partial charge in [0.15, 0.2) is 5.78 Å². The summed E-state index contributed by atoms with van der Waals surface area (Å²) in [5.74, 6) is 1.02. The number of ketones is 1. The van der Waals surface area contributed by atoms with Crippen LogP contribution in [0.4, 0.5) is 0 Å². The number of hydrogen-bond donors (Lipinski definition) is 1. The van der Waals surface area contributed by atoms with Crippen molar-refractivity contribution in [1.82, 2.24) is 5.32 Å². The van der Waals surface area contributed by atoms with E-state index in [0.29, 0.717) is 30.7 Å². The number of amides is 1. The lowest BCUT2D eigenvalue weighted by Crippen LogP contribution is -2.34. The Morgan fingerprint density at radius 3 is 2.33 bits per heavy atom. The van der Waals surface area contributed by atoms with Gasteiger partial charge in [0.25, 0.3) is 0 Å². The quantitative estimate of drug-likeness (QED) is 0.752. The number of sulfone groups is 1. The molecule has 1 aromatic carbocycles. The van der Waals surface area contributed by atoms with Crippen LogP contribution in [0.5, 0.6) is 5.75 Å². The maximum Gasteiger partial charge on any atom is 0.220 e. The topological polar surface area (TPSA) is 89.5 Å². The second-order valence-corrected chi connectivity index (χ2v) is 8.35. The Bertz CT molecular complexity index is 667. The number of Topliss-reactive ketones (excluding diaryl/α,β-unsaturated/α-hetero) is 1. The SMILES string of the molecule is COc1ccc(C(=O)CCC(=O)NCC2CCS(=O)(=O)CC2)cc1. The lowest BCUT2D eigenvalue weighted by atomic mass is 10.0. The fourth-order valence-electron chi connectivity index (χ4n) is 2.64. The van der Waals surface area contributed by atoms with Gasteiger partial charge in [0.2, 0.25) is 5.91 Å². The molecule has 1 aliphatic rings. The van der Waals surface area contributed by atoms with Crippen molar-refractivity contribution in [3.05, 3.63) is 29.8 Å². The zero-order chi connectivity index (χ0) is 17.6. The van der Waals surface area contributed by atoms with Crippen LogP contribution in [0.3, 0.4) is 0 Å². The van der Waals surface area contributed by atoms with Gasteiger partial charge in [-0.05, 0) is 43.0 Å². The van der Waals surface area contributed by atoms with Crippen LogP contribution in [0.1, 0.15) is 36.0 Å². The van der Waals surface area contributed by atoms with Crippen LogP contribution in [0.25, 0.3) is 0 Å². The number of rotatable bonds is 7. The molecule has 2 rings (SSSR count). The second kappa shape index (κ2) is 8.28. The van der Waals surface area contributed by atoms with Crippen LogP contribution in [-0.2, 0) is 14.6 Å². The normalized spacial score (nSPS) is 17.2. The van der Waals surface area contributed by atoms with Gasteiger partial charge in [-0.2, -0.15) is 0 Å². The van der Waals surface area contributed by atoms with Crippen LogP contribution in [0, 0.1) is 5.92 Å². The number of hydrogen-bond acceptors (Lipinski definition) is 5. The minimum Gasteiger partial charge on any atom is -0.497 e. The average Bonchev–Trinajstić information content (AvgIpc) is 2.58. The minimum absolute atomic E-state index is 0.0865. The van der Waals surface area contributed by atoms with Crippen molar-refractivity contribution >= 4 is 21.5 Å². The predicted octanol–water partition coefficient (Wildman–Crippen LogP) is 1.60. The zero-order valence-electron chi connectivity index (χ0n) is 13.8. The van der Waals surface area contributed by atoms with Gasteiger partial charge < -0.3 is 10.1 Å². The standard InChI is InChI=1S/C17H23NO5S/c1-23-15-4-2-14(3-5-15)16(19)6-7-17(20)18-12-13-8-10-24(21,22)11-9-13/h2-5,13H,6-12H2,1H3,(H,18,20). The van der Waals surface area contributed by atoms with Crippen molar-refractivity contribution in [2.24, 2.45) is 5.92 Å². The van der Waals surface area contributed by atoms with Gasteiger partial charge in [-0.3, -0.25) is 9.59 Å². The Morgan fingerprint density at radius 1 is 1.12 bits per heavy atom. The maximum atomic E-state index is 12.0. The summed E-state index contributed by atoms with van der Waals surface area (Å²) in [6.07, 6.45) is 1.47. The highest BCUT2D eigenvalue weighted by Gasteiger charge is 2.23. The third kappa shape index (κ3) is 5.63. The maximum absolute atomic E-state index is 12.0. The summed E-state index contributed by atoms with van der Waals surface area (Å²) in [6.45, 7) is 0.477. The number of benzene rings is 1. The van der Waals surface area contributed by atoms with Crippen molar-refractivity contribution in [2.75, 3.05) is 25.2 Å². The van der Waals surface area contributed by atoms with E-state index in [1.54, 1.807) is 31.4 Å². The summed E-state index contributed by atoms with van der Waals surface area (Å²) in [7, 11) is -1.32. The fraction of sp³-hybridized carbons (Fsp3) is 0.529. The summed E-state index contributed by atoms with van der Waals surface area (Å²) < 4.78 is 27.7. The lowest BCUT2D eigenvalue weighted by molar-refractivity contribution is -0.121. The Labute approximate surface area is 142 Å². The van der Waals surface area contributed by atoms with E-state index in [-0.39, 0.29) is 42.0 Å². The summed E-state index contributed by atoms with van der Waals surface area (Å²) >= 11 is 0. The molecule has 0 aromatic heterocycles. The van der Waals surface area contributed by atoms with Crippen molar-refractivity contribution in [2.45, 2.75) is 25.7 Å². The monoisotopic (exact) mass is 353 g/mol. The molecule has 1 aromatic rings. The summed E-state index contributed by atoms with van der Waals surface area (Å²) in [6, 6.07) is 6.79. The minimum atomic E-state index is -2.88. The zero-order valence-corrected chi connectivity index (χ0v) is 14.6. The van der Waals surface area contributed by atoms with E-state index in [9.17, 15) is 18.0 Å². The van der Waals surface area contributed by atoms with Gasteiger partial charge in [-0.1, -0.05) is 0 Å². The number of carbonyl (C=O) groups excluding carboxylic acids is 2. The van der Waals surface area contributed by atoms with E-state index in [1.807, 2.05) is 0 Å². The van der Waals surface area contributed by atoms with Crippen LogP contribution in [-0.4, -0.2) is 45.3 Å². The predicted molar refractivity (Wildman–Crippen MR) is 90.9 cm³/mol. The van der Waals surface area contributed by atoms with E-state index < -0.39 is 9.84 Å². The highest BCUT2D eigenvalue weighted by Crippen LogP contribution is 2.18. The van der Waals surface area contributed by atoms with Crippen LogP contribution < -0.4 is 10.1 Å². The van der Waals surface area contributed by atoms with Gasteiger partial charge in [-0.15, -0.1) is 0 Å². The smallest absolute Gasteiger partial charge is 0.220 e. The highest BCUT2D eigenvalue weighted by atomic mass is 32.2. The van der Waals surface area contributed by atoms with Gasteiger partial charge >= 0.3 is 0 Å². The average molecular weight is 353 g/mol. The van der Waals surface area contributed by atoms with Crippen LogP contribution in [0.2, 0.25) is 0 Å². The molecular formula is C17H23NO5S. The molecule has 0 bridgehead atoms. The molecule has 1 heterocycles. The van der Waals surface area contributed by atoms with Crippen molar-refractivity contribution < 1.29 is 22.7 Å². The number of carbonyl (C=O) groups is 2. The molecule has 0 atom stereocenters. The second-order valence-electron chi connectivity index (χ2n) is 6.05. The molecule has 1 aliphatic heterocycles. The summed E-state index contributed by atoms with van der Waals surface area (Å²) in [5.41, 5.74) is 0.557. The first-order chi connectivity index (χ1) is 11.4. The molecule has 1 amide bonds. The molecule has 0 unspecified atom stereocenters. The van der Waals surface area contributed by atoms with E-state index in [0.717, 1.165) is 0 Å². The first kappa shape index (κ1) is 18.4. The number of ether oxygens (including phenoxy) is 1. The molecule has 6 nitrogen and oxygen atoms in total. The third-order valence-corrected chi connectivity index (χ3v) is 5.97. The Kier molecular flexibility index (Phi) is 6.36. The molecule has 1 N–H and O–H groups in total. The Hall–Kier alpha value is -1.89. The molecular weight excluding hydrogens is 330 g/mol. The molecule has 1 saturated heterocycles. The van der Waals surface area contributed by atoms with E-state index in [4.69, 9.17) is 4.74 Å². The molecule has 24 heavy (non-hydrogen) atoms. The Morgan fingerprint density at radius 2 is 1.75 bits per heavy atom. The van der Waals surface area contributed by atoms with Crippen molar-refractivity contribution in [3.63, 3.8) is 0 Å². The van der Waals surface area contributed by atoms with E-state index in [2.05, 4.69) is 5.32 Å². The molecule has 0 saturated carbocycles. The van der Waals surface area contributed by atoms with Gasteiger partial charge in [0.05, 0.1) is 18.6 Å². The largest absolute Gasteiger partial charge is 0.497 e. The molecule has 0 aliphatic carbocycles. The van der Waals surface area contributed by atoms with Crippen LogP contribution in [0.15, 0.2) is 24.3 Å². The molecule has 7 heteroatoms. The van der Waals surface area contributed by atoms with E-state index >= 15 is 0 Å². The highest BCUT2D eigenvalue weighted by molar-refractivity contribution is 7.91. The van der Waals surface area contributed by atoms with E-state index in [1.165, 1.54) is 0 Å². The first-order valence-electron chi connectivity index (χ1n) is 8.04. The number of nitrogens with one attached hydrogen (secondary N) is 1. The lowest BCUT2D eigenvalue weighted by Gasteiger charge is -2.22. The van der Waals surface area contributed by atoms with Crippen LogP contribution >= 0.6 is 0 Å². The Balaban J connectivity index is 1.70. The molecule has 0 spiro atoms. The van der Waals surface area contributed by atoms with Gasteiger partial charge in [0.1, 0.15) is 15.6 Å². The first-order valence-corrected chi connectivity index (χ1v) is 9.86. The van der Waals surface area contributed by atoms with Gasteiger partial charge in [-0.25, -0.2) is 8.42 Å². The van der Waals surface area contributed by atoms with Crippen molar-refractivity contribution in [1.29, 1.82) is 0 Å². The molecule has 0 radical (unpaired) electrons. The number of methoxy groups -OCH3 is 1. The molecule has 1 fully saturated rings.